The van der Waals surface area contributed by atoms with Crippen molar-refractivity contribution in [2.45, 2.75) is 38.1 Å². The molecule has 1 fully saturated rings. The Bertz CT molecular complexity index is 2210. The molecule has 0 saturated carbocycles. The summed E-state index contributed by atoms with van der Waals surface area (Å²) in [6, 6.07) is 17.3. The van der Waals surface area contributed by atoms with Crippen LogP contribution in [0, 0.1) is 0 Å². The molecule has 4 amide bonds. The van der Waals surface area contributed by atoms with Gasteiger partial charge in [-0.25, -0.2) is 14.8 Å². The van der Waals surface area contributed by atoms with Crippen LogP contribution in [0.4, 0.5) is 23.0 Å². The van der Waals surface area contributed by atoms with Crippen molar-refractivity contribution in [1.29, 1.82) is 0 Å². The molecule has 0 bridgehead atoms. The van der Waals surface area contributed by atoms with Gasteiger partial charge in [0.05, 0.1) is 40.6 Å². The van der Waals surface area contributed by atoms with Gasteiger partial charge in [-0.1, -0.05) is 24.3 Å². The highest BCUT2D eigenvalue weighted by molar-refractivity contribution is 6.01. The second kappa shape index (κ2) is 15.6. The Morgan fingerprint density at radius 3 is 2.48 bits per heavy atom. The Labute approximate surface area is 298 Å². The van der Waals surface area contributed by atoms with E-state index in [1.165, 1.54) is 17.0 Å². The zero-order chi connectivity index (χ0) is 36.8. The third-order valence-electron chi connectivity index (χ3n) is 8.90. The van der Waals surface area contributed by atoms with Crippen LogP contribution in [0.1, 0.15) is 58.0 Å². The maximum Gasteiger partial charge on any atom is 0.329 e. The zero-order valence-electron chi connectivity index (χ0n) is 29.0. The lowest BCUT2D eigenvalue weighted by Gasteiger charge is -2.21. The predicted octanol–water partition coefficient (Wildman–Crippen LogP) is 3.72. The van der Waals surface area contributed by atoms with Crippen molar-refractivity contribution < 1.29 is 23.9 Å². The average molecular weight is 706 g/mol. The van der Waals surface area contributed by atoms with Crippen LogP contribution in [0.5, 0.6) is 5.75 Å². The summed E-state index contributed by atoms with van der Waals surface area (Å²) in [7, 11) is 4.80. The van der Waals surface area contributed by atoms with Gasteiger partial charge >= 0.3 is 5.69 Å². The summed E-state index contributed by atoms with van der Waals surface area (Å²) in [5.74, 6) is 0.120. The monoisotopic (exact) mass is 705 g/mol. The topological polar surface area (TPSA) is 190 Å². The molecular formula is C37H39N9O6. The number of fused-ring (bicyclic) bond motifs is 1. The number of amides is 4. The van der Waals surface area contributed by atoms with Crippen LogP contribution in [-0.4, -0.2) is 63.4 Å². The Balaban J connectivity index is 1.04. The molecule has 268 valence electrons. The average Bonchev–Trinajstić information content (AvgIpc) is 3.41. The number of para-hydroxylation sites is 3. The molecule has 5 N–H and O–H groups in total. The predicted molar refractivity (Wildman–Crippen MR) is 195 cm³/mol. The Kier molecular flexibility index (Phi) is 10.6. The molecule has 3 aromatic heterocycles. The largest absolute Gasteiger partial charge is 0.495 e. The fourth-order valence-corrected chi connectivity index (χ4v) is 6.26. The molecule has 2 aromatic carbocycles. The van der Waals surface area contributed by atoms with Crippen molar-refractivity contribution in [1.82, 2.24) is 35.1 Å². The summed E-state index contributed by atoms with van der Waals surface area (Å²) in [6.45, 7) is 0.439. The molecule has 0 radical (unpaired) electrons. The van der Waals surface area contributed by atoms with E-state index >= 15 is 0 Å². The minimum atomic E-state index is -0.739. The molecule has 0 aliphatic carbocycles. The maximum absolute atomic E-state index is 13.2. The molecule has 52 heavy (non-hydrogen) atoms. The smallest absolute Gasteiger partial charge is 0.329 e. The van der Waals surface area contributed by atoms with Crippen molar-refractivity contribution >= 4 is 57.7 Å². The van der Waals surface area contributed by atoms with E-state index in [0.717, 1.165) is 17.5 Å². The molecule has 1 unspecified atom stereocenters. The molecule has 5 aromatic rings. The highest BCUT2D eigenvalue weighted by atomic mass is 16.5. The summed E-state index contributed by atoms with van der Waals surface area (Å²) in [5.41, 5.74) is 3.97. The Morgan fingerprint density at radius 1 is 0.923 bits per heavy atom. The molecule has 6 rings (SSSR count). The van der Waals surface area contributed by atoms with Gasteiger partial charge in [0.25, 0.3) is 11.8 Å². The number of imidazole rings is 1. The van der Waals surface area contributed by atoms with Gasteiger partial charge in [-0.3, -0.25) is 33.6 Å². The van der Waals surface area contributed by atoms with Gasteiger partial charge in [0.1, 0.15) is 23.4 Å². The van der Waals surface area contributed by atoms with Crippen molar-refractivity contribution in [3.8, 4) is 5.75 Å². The minimum Gasteiger partial charge on any atom is -0.495 e. The number of carbonyl (C=O) groups excluding carboxylic acids is 4. The summed E-state index contributed by atoms with van der Waals surface area (Å²) >= 11 is 0. The first kappa shape index (κ1) is 35.3. The fraction of sp³-hybridized carbons (Fsp3) is 0.270. The van der Waals surface area contributed by atoms with Crippen molar-refractivity contribution in [2.75, 3.05) is 31.3 Å². The Hall–Kier alpha value is -6.51. The number of nitrogens with one attached hydrogen (secondary N) is 5. The molecule has 4 heterocycles. The number of aromatic nitrogens is 4. The lowest BCUT2D eigenvalue weighted by atomic mass is 10.0. The van der Waals surface area contributed by atoms with E-state index in [1.54, 1.807) is 44.0 Å². The fourth-order valence-electron chi connectivity index (χ4n) is 6.26. The van der Waals surface area contributed by atoms with Gasteiger partial charge in [0, 0.05) is 45.5 Å². The Morgan fingerprint density at radius 2 is 1.73 bits per heavy atom. The number of nitrogens with zero attached hydrogens (tertiary/aromatic N) is 4. The lowest BCUT2D eigenvalue weighted by Crippen LogP contribution is -2.44. The number of methoxy groups -OCH3 is 1. The number of imide groups is 1. The number of rotatable bonds is 13. The maximum atomic E-state index is 13.2. The molecule has 15 nitrogen and oxygen atoms in total. The molecular weight excluding hydrogens is 666 g/mol. The second-order valence-corrected chi connectivity index (χ2v) is 12.3. The van der Waals surface area contributed by atoms with E-state index in [-0.39, 0.29) is 36.3 Å². The normalized spacial score (nSPS) is 14.1. The quantitative estimate of drug-likeness (QED) is 0.0892. The first-order chi connectivity index (χ1) is 25.2. The van der Waals surface area contributed by atoms with E-state index in [2.05, 4.69) is 36.6 Å². The van der Waals surface area contributed by atoms with Gasteiger partial charge < -0.3 is 26.0 Å². The summed E-state index contributed by atoms with van der Waals surface area (Å²) in [5, 5.41) is 14.3. The van der Waals surface area contributed by atoms with Crippen molar-refractivity contribution in [3.63, 3.8) is 0 Å². The van der Waals surface area contributed by atoms with Crippen LogP contribution < -0.4 is 37.0 Å². The van der Waals surface area contributed by atoms with E-state index in [4.69, 9.17) is 4.74 Å². The van der Waals surface area contributed by atoms with Gasteiger partial charge in [-0.15, -0.1) is 0 Å². The van der Waals surface area contributed by atoms with Gasteiger partial charge in [-0.2, -0.15) is 0 Å². The number of hydrogen-bond acceptors (Lipinski definition) is 10. The highest BCUT2D eigenvalue weighted by Crippen LogP contribution is 2.30. The standard InChI is InChI=1S/C37H39N9O6/c1-38-35(49)24-21-41-31(19-26(24)42-25-11-4-5-13-29(25)52-3)43-30-16-14-23(20-40-30)34(48)39-18-7-6-9-22-10-8-12-27-33(22)45(2)37(51)46(27)28-15-17-32(47)44-36(28)50/h4-5,8,10-14,16,19-21,28H,6-7,9,15,17-18H2,1-3H3,(H,38,49)(H,39,48)(H,44,47,50)(H2,40,41,42,43). The number of benzene rings is 2. The van der Waals surface area contributed by atoms with E-state index in [0.29, 0.717) is 64.8 Å². The minimum absolute atomic E-state index is 0.181. The number of carbonyl (C=O) groups is 4. The van der Waals surface area contributed by atoms with Crippen LogP contribution in [0.3, 0.4) is 0 Å². The number of ether oxygens (including phenoxy) is 1. The van der Waals surface area contributed by atoms with Gasteiger partial charge in [0.2, 0.25) is 11.8 Å². The molecule has 0 spiro atoms. The summed E-state index contributed by atoms with van der Waals surface area (Å²) in [4.78, 5) is 71.5. The van der Waals surface area contributed by atoms with E-state index < -0.39 is 11.9 Å². The summed E-state index contributed by atoms with van der Waals surface area (Å²) in [6.07, 6.45) is 5.49. The van der Waals surface area contributed by atoms with Crippen LogP contribution in [-0.2, 0) is 23.1 Å². The first-order valence-electron chi connectivity index (χ1n) is 16.8. The van der Waals surface area contributed by atoms with Gasteiger partial charge in [0.15, 0.2) is 0 Å². The first-order valence-corrected chi connectivity index (χ1v) is 16.8. The molecule has 1 aliphatic heterocycles. The van der Waals surface area contributed by atoms with Crippen LogP contribution >= 0.6 is 0 Å². The molecule has 1 saturated heterocycles. The molecule has 1 aliphatic rings. The van der Waals surface area contributed by atoms with E-state index in [1.807, 2.05) is 42.5 Å². The molecule has 1 atom stereocenters. The number of aryl methyl sites for hydroxylation is 2. The SMILES string of the molecule is CNC(=O)c1cnc(Nc2ccc(C(=O)NCCCCc3cccc4c3n(C)c(=O)n4C3CCC(=O)NC3=O)cn2)cc1Nc1ccccc1OC. The third kappa shape index (κ3) is 7.47. The second-order valence-electron chi connectivity index (χ2n) is 12.3. The van der Waals surface area contributed by atoms with Crippen molar-refractivity contribution in [3.05, 3.63) is 100 Å². The lowest BCUT2D eigenvalue weighted by molar-refractivity contribution is -0.135. The number of piperidine rings is 1. The number of hydrogen-bond donors (Lipinski definition) is 5. The van der Waals surface area contributed by atoms with Crippen LogP contribution in [0.2, 0.25) is 0 Å². The van der Waals surface area contributed by atoms with Gasteiger partial charge in [-0.05, 0) is 61.6 Å². The van der Waals surface area contributed by atoms with Crippen molar-refractivity contribution in [2.24, 2.45) is 7.05 Å². The number of unbranched alkanes of at least 4 members (excludes halogenated alkanes) is 1. The third-order valence-corrected chi connectivity index (χ3v) is 8.90. The number of pyridine rings is 2. The van der Waals surface area contributed by atoms with E-state index in [9.17, 15) is 24.0 Å². The summed E-state index contributed by atoms with van der Waals surface area (Å²) < 4.78 is 8.47. The molecule has 15 heteroatoms. The zero-order valence-corrected chi connectivity index (χ0v) is 29.0. The van der Waals surface area contributed by atoms with Crippen LogP contribution in [0.15, 0.2) is 77.9 Å². The highest BCUT2D eigenvalue weighted by Gasteiger charge is 2.31. The van der Waals surface area contributed by atoms with Crippen LogP contribution in [0.25, 0.3) is 11.0 Å². The number of anilines is 4.